The number of rotatable bonds is 6. The van der Waals surface area contributed by atoms with Gasteiger partial charge in [0, 0.05) is 23.6 Å². The molecule has 1 aromatic carbocycles. The molecule has 6 heteroatoms. The van der Waals surface area contributed by atoms with Crippen LogP contribution >= 0.6 is 15.9 Å². The number of nitrogens with two attached hydrogens (primary N) is 1. The lowest BCUT2D eigenvalue weighted by molar-refractivity contribution is 0.318. The van der Waals surface area contributed by atoms with E-state index in [1.54, 1.807) is 22.5 Å². The summed E-state index contributed by atoms with van der Waals surface area (Å²) in [5.41, 5.74) is 6.47. The van der Waals surface area contributed by atoms with Gasteiger partial charge in [-0.3, -0.25) is 0 Å². The Balaban J connectivity index is 3.26. The van der Waals surface area contributed by atoms with Crippen molar-refractivity contribution in [2.24, 2.45) is 11.7 Å². The molecule has 0 atom stereocenters. The monoisotopic (exact) mass is 362 g/mol. The number of nitrogens with zero attached hydrogens (tertiary/aromatic N) is 1. The Hall–Kier alpha value is -0.430. The van der Waals surface area contributed by atoms with Crippen LogP contribution in [0.2, 0.25) is 0 Å². The number of benzene rings is 1. The van der Waals surface area contributed by atoms with E-state index in [-0.39, 0.29) is 12.0 Å². The lowest BCUT2D eigenvalue weighted by Crippen LogP contribution is -2.39. The van der Waals surface area contributed by atoms with E-state index in [2.05, 4.69) is 15.9 Å². The quantitative estimate of drug-likeness (QED) is 0.845. The predicted octanol–water partition coefficient (Wildman–Crippen LogP) is 2.96. The van der Waals surface area contributed by atoms with Crippen molar-refractivity contribution in [3.63, 3.8) is 0 Å². The first kappa shape index (κ1) is 17.6. The van der Waals surface area contributed by atoms with Crippen molar-refractivity contribution in [2.45, 2.75) is 45.2 Å². The zero-order valence-electron chi connectivity index (χ0n) is 12.4. The van der Waals surface area contributed by atoms with Crippen molar-refractivity contribution in [3.8, 4) is 0 Å². The molecule has 0 fully saturated rings. The first-order valence-electron chi connectivity index (χ1n) is 6.70. The zero-order chi connectivity index (χ0) is 15.5. The van der Waals surface area contributed by atoms with Gasteiger partial charge in [-0.15, -0.1) is 0 Å². The molecule has 1 aromatic rings. The van der Waals surface area contributed by atoms with Crippen molar-refractivity contribution >= 4 is 26.0 Å². The van der Waals surface area contributed by atoms with E-state index in [1.807, 2.05) is 27.7 Å². The average Bonchev–Trinajstić information content (AvgIpc) is 2.34. The molecule has 0 heterocycles. The van der Waals surface area contributed by atoms with Crippen LogP contribution in [0.25, 0.3) is 0 Å². The fourth-order valence-electron chi connectivity index (χ4n) is 1.95. The molecule has 2 N–H and O–H groups in total. The second-order valence-corrected chi connectivity index (χ2v) is 8.24. The van der Waals surface area contributed by atoms with Gasteiger partial charge in [-0.05, 0) is 53.4 Å². The number of hydrogen-bond donors (Lipinski definition) is 1. The largest absolute Gasteiger partial charge is 0.326 e. The van der Waals surface area contributed by atoms with Gasteiger partial charge in [0.15, 0.2) is 0 Å². The van der Waals surface area contributed by atoms with Gasteiger partial charge < -0.3 is 5.73 Å². The van der Waals surface area contributed by atoms with Gasteiger partial charge in [0.1, 0.15) is 0 Å². The fraction of sp³-hybridized carbons (Fsp3) is 0.571. The molecule has 0 amide bonds. The summed E-state index contributed by atoms with van der Waals surface area (Å²) in [4.78, 5) is 0.295. The van der Waals surface area contributed by atoms with E-state index in [0.717, 1.165) is 5.56 Å². The second-order valence-electron chi connectivity index (χ2n) is 5.53. The van der Waals surface area contributed by atoms with E-state index in [9.17, 15) is 8.42 Å². The molecule has 0 spiro atoms. The first-order chi connectivity index (χ1) is 9.20. The van der Waals surface area contributed by atoms with Gasteiger partial charge in [-0.25, -0.2) is 8.42 Å². The summed E-state index contributed by atoms with van der Waals surface area (Å²) in [6.07, 6.45) is 0. The highest BCUT2D eigenvalue weighted by Gasteiger charge is 2.29. The molecule has 4 nitrogen and oxygen atoms in total. The van der Waals surface area contributed by atoms with Crippen LogP contribution in [0.1, 0.15) is 33.3 Å². The van der Waals surface area contributed by atoms with Crippen LogP contribution in [0, 0.1) is 5.92 Å². The summed E-state index contributed by atoms with van der Waals surface area (Å²) >= 11 is 3.35. The lowest BCUT2D eigenvalue weighted by Gasteiger charge is -2.28. The molecule has 0 aromatic heterocycles. The highest BCUT2D eigenvalue weighted by Crippen LogP contribution is 2.27. The third-order valence-corrected chi connectivity index (χ3v) is 5.96. The molecule has 0 saturated heterocycles. The summed E-state index contributed by atoms with van der Waals surface area (Å²) in [5.74, 6) is 0.272. The third kappa shape index (κ3) is 4.04. The molecule has 0 radical (unpaired) electrons. The van der Waals surface area contributed by atoms with E-state index in [4.69, 9.17) is 5.73 Å². The summed E-state index contributed by atoms with van der Waals surface area (Å²) in [7, 11) is -3.51. The maximum Gasteiger partial charge on any atom is 0.244 e. The average molecular weight is 363 g/mol. The summed E-state index contributed by atoms with van der Waals surface area (Å²) < 4.78 is 27.7. The predicted molar refractivity (Wildman–Crippen MR) is 85.9 cm³/mol. The van der Waals surface area contributed by atoms with Crippen molar-refractivity contribution < 1.29 is 8.42 Å². The minimum atomic E-state index is -3.51. The summed E-state index contributed by atoms with van der Waals surface area (Å²) in [5, 5.41) is 0. The van der Waals surface area contributed by atoms with Gasteiger partial charge in [0.2, 0.25) is 10.0 Å². The molecule has 1 rings (SSSR count). The smallest absolute Gasteiger partial charge is 0.244 e. The van der Waals surface area contributed by atoms with Crippen LogP contribution in [0.4, 0.5) is 0 Å². The Morgan fingerprint density at radius 1 is 1.25 bits per heavy atom. The van der Waals surface area contributed by atoms with Crippen LogP contribution < -0.4 is 5.73 Å². The molecule has 0 aliphatic rings. The van der Waals surface area contributed by atoms with Gasteiger partial charge in [-0.2, -0.15) is 4.31 Å². The van der Waals surface area contributed by atoms with E-state index < -0.39 is 10.0 Å². The standard InChI is InChI=1S/C14H23BrN2O2S/c1-10(2)9-17(11(3)4)20(18,19)14-6-5-12(8-16)7-13(14)15/h5-7,10-11H,8-9,16H2,1-4H3. The fourth-order valence-corrected chi connectivity index (χ4v) is 4.84. The van der Waals surface area contributed by atoms with Gasteiger partial charge in [0.25, 0.3) is 0 Å². The van der Waals surface area contributed by atoms with Gasteiger partial charge in [0.05, 0.1) is 4.90 Å². The van der Waals surface area contributed by atoms with Crippen LogP contribution in [0.3, 0.4) is 0 Å². The topological polar surface area (TPSA) is 63.4 Å². The summed E-state index contributed by atoms with van der Waals surface area (Å²) in [6, 6.07) is 5.06. The highest BCUT2D eigenvalue weighted by atomic mass is 79.9. The van der Waals surface area contributed by atoms with Crippen LogP contribution in [0.15, 0.2) is 27.6 Å². The van der Waals surface area contributed by atoms with Crippen LogP contribution in [-0.2, 0) is 16.6 Å². The molecule has 0 aliphatic heterocycles. The minimum Gasteiger partial charge on any atom is -0.326 e. The molecular weight excluding hydrogens is 340 g/mol. The number of hydrogen-bond acceptors (Lipinski definition) is 3. The summed E-state index contributed by atoms with van der Waals surface area (Å²) in [6.45, 7) is 8.70. The Kier molecular flexibility index (Phi) is 6.19. The van der Waals surface area contributed by atoms with E-state index >= 15 is 0 Å². The molecular formula is C14H23BrN2O2S. The zero-order valence-corrected chi connectivity index (χ0v) is 14.8. The Labute approximate surface area is 130 Å². The van der Waals surface area contributed by atoms with Crippen molar-refractivity contribution in [1.82, 2.24) is 4.31 Å². The minimum absolute atomic E-state index is 0.0801. The maximum atomic E-state index is 12.8. The van der Waals surface area contributed by atoms with Gasteiger partial charge >= 0.3 is 0 Å². The Bertz CT molecular complexity index is 556. The first-order valence-corrected chi connectivity index (χ1v) is 8.93. The Morgan fingerprint density at radius 2 is 1.85 bits per heavy atom. The molecule has 0 aliphatic carbocycles. The van der Waals surface area contributed by atoms with Crippen LogP contribution in [-0.4, -0.2) is 25.3 Å². The van der Waals surface area contributed by atoms with E-state index in [0.29, 0.717) is 22.5 Å². The van der Waals surface area contributed by atoms with Crippen molar-refractivity contribution in [1.29, 1.82) is 0 Å². The van der Waals surface area contributed by atoms with Crippen LogP contribution in [0.5, 0.6) is 0 Å². The normalized spacial score (nSPS) is 12.7. The third-order valence-electron chi connectivity index (χ3n) is 2.94. The molecule has 0 bridgehead atoms. The highest BCUT2D eigenvalue weighted by molar-refractivity contribution is 9.10. The lowest BCUT2D eigenvalue weighted by atomic mass is 10.2. The molecule has 20 heavy (non-hydrogen) atoms. The number of halogens is 1. The number of sulfonamides is 1. The molecule has 0 unspecified atom stereocenters. The second kappa shape index (κ2) is 7.02. The molecule has 114 valence electrons. The maximum absolute atomic E-state index is 12.8. The Morgan fingerprint density at radius 3 is 2.25 bits per heavy atom. The van der Waals surface area contributed by atoms with Gasteiger partial charge in [-0.1, -0.05) is 19.9 Å². The SMILES string of the molecule is CC(C)CN(C(C)C)S(=O)(=O)c1ccc(CN)cc1Br. The van der Waals surface area contributed by atoms with E-state index in [1.165, 1.54) is 0 Å². The van der Waals surface area contributed by atoms with Crippen molar-refractivity contribution in [3.05, 3.63) is 28.2 Å². The van der Waals surface area contributed by atoms with Crippen molar-refractivity contribution in [2.75, 3.05) is 6.54 Å². The molecule has 0 saturated carbocycles.